The zero-order valence-electron chi connectivity index (χ0n) is 13.4. The summed E-state index contributed by atoms with van der Waals surface area (Å²) in [6.07, 6.45) is -11.1. The Morgan fingerprint density at radius 2 is 1.69 bits per heavy atom. The molecule has 0 saturated heterocycles. The fourth-order valence-corrected chi connectivity index (χ4v) is 4.05. The molecule has 1 aliphatic carbocycles. The number of nitrogens with two attached hydrogens (primary N) is 1. The van der Waals surface area contributed by atoms with Crippen molar-refractivity contribution in [1.82, 2.24) is 5.32 Å². The van der Waals surface area contributed by atoms with E-state index in [9.17, 15) is 35.9 Å². The highest BCUT2D eigenvalue weighted by molar-refractivity contribution is 7.16. The van der Waals surface area contributed by atoms with Gasteiger partial charge in [-0.15, -0.1) is 11.3 Å². The molecular formula is C14H15F6N3O2S. The first-order chi connectivity index (χ1) is 11.8. The number of primary amides is 1. The number of fused-ring (bicyclic) bond motifs is 1. The number of carbonyl (C=O) groups is 2. The van der Waals surface area contributed by atoms with Crippen LogP contribution in [0.1, 0.15) is 40.6 Å². The average Bonchev–Trinajstić information content (AvgIpc) is 3.03. The highest BCUT2D eigenvalue weighted by Gasteiger charge is 2.72. The first kappa shape index (κ1) is 20.3. The summed E-state index contributed by atoms with van der Waals surface area (Å²) in [6, 6.07) is 0. The molecule has 12 heteroatoms. The molecular weight excluding hydrogens is 388 g/mol. The van der Waals surface area contributed by atoms with E-state index in [1.807, 2.05) is 0 Å². The lowest BCUT2D eigenvalue weighted by molar-refractivity contribution is -0.295. The van der Waals surface area contributed by atoms with Crippen molar-refractivity contribution in [1.29, 1.82) is 0 Å². The summed E-state index contributed by atoms with van der Waals surface area (Å²) in [7, 11) is 0. The Kier molecular flexibility index (Phi) is 5.19. The molecule has 4 N–H and O–H groups in total. The fraction of sp³-hybridized carbons (Fsp3) is 0.571. The summed E-state index contributed by atoms with van der Waals surface area (Å²) in [6.45, 7) is 1.11. The van der Waals surface area contributed by atoms with Gasteiger partial charge >= 0.3 is 18.0 Å². The van der Waals surface area contributed by atoms with Crippen LogP contribution in [0, 0.1) is 0 Å². The van der Waals surface area contributed by atoms with E-state index in [0.717, 1.165) is 12.2 Å². The van der Waals surface area contributed by atoms with Gasteiger partial charge in [0, 0.05) is 11.3 Å². The van der Waals surface area contributed by atoms with Crippen molar-refractivity contribution in [2.45, 2.75) is 50.6 Å². The van der Waals surface area contributed by atoms with Gasteiger partial charge in [-0.05, 0) is 24.8 Å². The predicted octanol–water partition coefficient (Wildman–Crippen LogP) is 3.09. The second-order valence-electron chi connectivity index (χ2n) is 5.70. The van der Waals surface area contributed by atoms with Gasteiger partial charge in [-0.2, -0.15) is 26.3 Å². The molecule has 2 amide bonds. The summed E-state index contributed by atoms with van der Waals surface area (Å²) in [5, 5.41) is 1.69. The summed E-state index contributed by atoms with van der Waals surface area (Å²) >= 11 is 0.607. The zero-order valence-corrected chi connectivity index (χ0v) is 14.2. The minimum absolute atomic E-state index is 0.331. The van der Waals surface area contributed by atoms with E-state index in [0.29, 0.717) is 41.0 Å². The van der Waals surface area contributed by atoms with Crippen LogP contribution in [0.15, 0.2) is 0 Å². The molecule has 0 spiro atoms. The number of thiophene rings is 1. The van der Waals surface area contributed by atoms with Gasteiger partial charge in [-0.3, -0.25) is 9.59 Å². The second-order valence-corrected chi connectivity index (χ2v) is 6.80. The molecule has 0 fully saturated rings. The highest BCUT2D eigenvalue weighted by Crippen LogP contribution is 2.47. The molecule has 0 bridgehead atoms. The molecule has 0 aliphatic heterocycles. The second kappa shape index (κ2) is 6.63. The molecule has 0 atom stereocenters. The van der Waals surface area contributed by atoms with Crippen molar-refractivity contribution in [2.75, 3.05) is 5.32 Å². The monoisotopic (exact) mass is 403 g/mol. The molecule has 0 saturated carbocycles. The van der Waals surface area contributed by atoms with E-state index in [2.05, 4.69) is 0 Å². The molecule has 1 heterocycles. The van der Waals surface area contributed by atoms with Crippen molar-refractivity contribution in [3.05, 3.63) is 16.0 Å². The van der Waals surface area contributed by atoms with E-state index >= 15 is 0 Å². The minimum Gasteiger partial charge on any atom is -0.365 e. The maximum Gasteiger partial charge on any atom is 0.439 e. The van der Waals surface area contributed by atoms with Crippen molar-refractivity contribution < 1.29 is 35.9 Å². The van der Waals surface area contributed by atoms with E-state index in [1.54, 1.807) is 0 Å². The Balaban J connectivity index is 2.62. The topological polar surface area (TPSA) is 84.2 Å². The lowest BCUT2D eigenvalue weighted by Crippen LogP contribution is -2.72. The third-order valence-electron chi connectivity index (χ3n) is 3.97. The number of carbonyl (C=O) groups excluding carboxylic acids is 2. The molecule has 1 aromatic rings. The number of hydrogen-bond donors (Lipinski definition) is 3. The third kappa shape index (κ3) is 3.33. The normalized spacial score (nSPS) is 14.9. The summed E-state index contributed by atoms with van der Waals surface area (Å²) in [4.78, 5) is 23.6. The molecule has 2 rings (SSSR count). The maximum absolute atomic E-state index is 13.5. The third-order valence-corrected chi connectivity index (χ3v) is 5.17. The predicted molar refractivity (Wildman–Crippen MR) is 81.8 cm³/mol. The van der Waals surface area contributed by atoms with Crippen molar-refractivity contribution >= 4 is 28.2 Å². The maximum atomic E-state index is 13.5. The zero-order chi connectivity index (χ0) is 19.9. The Hall–Kier alpha value is -1.98. The van der Waals surface area contributed by atoms with E-state index < -0.39 is 46.8 Å². The van der Waals surface area contributed by atoms with Crippen LogP contribution in [0.2, 0.25) is 0 Å². The molecule has 0 unspecified atom stereocenters. The van der Waals surface area contributed by atoms with Gasteiger partial charge in [-0.1, -0.05) is 6.92 Å². The van der Waals surface area contributed by atoms with Crippen molar-refractivity contribution in [3.8, 4) is 0 Å². The van der Waals surface area contributed by atoms with Crippen LogP contribution in [-0.4, -0.2) is 29.8 Å². The first-order valence-electron chi connectivity index (χ1n) is 7.51. The molecule has 1 aromatic heterocycles. The Morgan fingerprint density at radius 3 is 2.15 bits per heavy atom. The van der Waals surface area contributed by atoms with Crippen LogP contribution >= 0.6 is 11.3 Å². The number of alkyl halides is 6. The van der Waals surface area contributed by atoms with Crippen molar-refractivity contribution in [3.63, 3.8) is 0 Å². The SMILES string of the molecule is CCC(=O)NC(Nc1sc2c(c1C(N)=O)CCC2)(C(F)(F)F)C(F)(F)F. The largest absolute Gasteiger partial charge is 0.439 e. The van der Waals surface area contributed by atoms with E-state index in [4.69, 9.17) is 5.73 Å². The van der Waals surface area contributed by atoms with Gasteiger partial charge in [0.15, 0.2) is 0 Å². The smallest absolute Gasteiger partial charge is 0.365 e. The number of amides is 2. The number of anilines is 1. The van der Waals surface area contributed by atoms with Gasteiger partial charge in [0.1, 0.15) is 5.00 Å². The highest BCUT2D eigenvalue weighted by atomic mass is 32.1. The number of rotatable bonds is 5. The standard InChI is InChI=1S/C14H15F6N3O2S/c1-2-8(24)22-12(13(15,16)17,14(18,19)20)23-11-9(10(21)25)6-4-3-5-7(6)26-11/h23H,2-5H2,1H3,(H2,21,25)(H,22,24). The molecule has 0 radical (unpaired) electrons. The molecule has 146 valence electrons. The van der Waals surface area contributed by atoms with Crippen LogP contribution < -0.4 is 16.4 Å². The lowest BCUT2D eigenvalue weighted by atomic mass is 10.1. The quantitative estimate of drug-likeness (QED) is 0.522. The summed E-state index contributed by atoms with van der Waals surface area (Å²) in [5.74, 6) is -2.59. The fourth-order valence-electron chi connectivity index (χ4n) is 2.70. The summed E-state index contributed by atoms with van der Waals surface area (Å²) in [5.41, 5.74) is 0.389. The van der Waals surface area contributed by atoms with Gasteiger partial charge < -0.3 is 16.4 Å². The number of hydrogen-bond acceptors (Lipinski definition) is 4. The van der Waals surface area contributed by atoms with E-state index in [1.165, 1.54) is 5.32 Å². The van der Waals surface area contributed by atoms with Crippen LogP contribution in [0.3, 0.4) is 0 Å². The Morgan fingerprint density at radius 1 is 1.12 bits per heavy atom. The van der Waals surface area contributed by atoms with E-state index in [-0.39, 0.29) is 0 Å². The molecule has 0 aromatic carbocycles. The molecule has 1 aliphatic rings. The lowest BCUT2D eigenvalue weighted by Gasteiger charge is -2.38. The van der Waals surface area contributed by atoms with Gasteiger partial charge in [0.25, 0.3) is 5.91 Å². The van der Waals surface area contributed by atoms with Gasteiger partial charge in [-0.25, -0.2) is 0 Å². The van der Waals surface area contributed by atoms with Gasteiger partial charge in [0.2, 0.25) is 5.91 Å². The Bertz CT molecular complexity index is 711. The molecule has 5 nitrogen and oxygen atoms in total. The Labute approximate surface area is 147 Å². The average molecular weight is 403 g/mol. The number of halogens is 6. The first-order valence-corrected chi connectivity index (χ1v) is 8.32. The van der Waals surface area contributed by atoms with Crippen LogP contribution in [0.5, 0.6) is 0 Å². The van der Waals surface area contributed by atoms with Crippen LogP contribution in [0.4, 0.5) is 31.3 Å². The number of aryl methyl sites for hydroxylation is 1. The van der Waals surface area contributed by atoms with Crippen molar-refractivity contribution in [2.24, 2.45) is 5.73 Å². The van der Waals surface area contributed by atoms with Gasteiger partial charge in [0.05, 0.1) is 5.56 Å². The number of nitrogens with one attached hydrogen (secondary N) is 2. The van der Waals surface area contributed by atoms with Crippen LogP contribution in [0.25, 0.3) is 0 Å². The molecule has 26 heavy (non-hydrogen) atoms. The summed E-state index contributed by atoms with van der Waals surface area (Å²) < 4.78 is 80.9. The van der Waals surface area contributed by atoms with Crippen LogP contribution in [-0.2, 0) is 17.6 Å². The minimum atomic E-state index is -5.93.